The summed E-state index contributed by atoms with van der Waals surface area (Å²) in [5.41, 5.74) is -0.357. The first-order chi connectivity index (χ1) is 5.70. The van der Waals surface area contributed by atoms with Gasteiger partial charge in [0.1, 0.15) is 5.73 Å². The molecule has 2 nitrogen and oxygen atoms in total. The van der Waals surface area contributed by atoms with Crippen LogP contribution in [0.1, 0.15) is 5.56 Å². The van der Waals surface area contributed by atoms with Crippen LogP contribution < -0.4 is 0 Å². The van der Waals surface area contributed by atoms with Crippen molar-refractivity contribution in [3.63, 3.8) is 0 Å². The molecule has 0 atom stereocenters. The van der Waals surface area contributed by atoms with Crippen LogP contribution in [0.3, 0.4) is 0 Å². The predicted octanol–water partition coefficient (Wildman–Crippen LogP) is 1.01. The highest BCUT2D eigenvalue weighted by Crippen LogP contribution is 2.07. The molecule has 1 aromatic rings. The van der Waals surface area contributed by atoms with Gasteiger partial charge in [-0.3, -0.25) is 0 Å². The van der Waals surface area contributed by atoms with E-state index in [0.717, 1.165) is 6.08 Å². The van der Waals surface area contributed by atoms with Crippen LogP contribution in [0, 0.1) is 0 Å². The van der Waals surface area contributed by atoms with Crippen LogP contribution in [-0.4, -0.2) is 17.2 Å². The van der Waals surface area contributed by atoms with Gasteiger partial charge in [-0.05, 0) is 11.6 Å². The highest BCUT2D eigenvalue weighted by Gasteiger charge is 2.13. The normalized spacial score (nSPS) is 11.4. The molecule has 0 saturated carbocycles. The first-order valence-corrected chi connectivity index (χ1v) is 3.48. The van der Waals surface area contributed by atoms with Crippen LogP contribution in [0.25, 0.3) is 6.08 Å². The Morgan fingerprint density at radius 3 is 2.33 bits per heavy atom. The second kappa shape index (κ2) is 4.04. The zero-order chi connectivity index (χ0) is 8.97. The van der Waals surface area contributed by atoms with E-state index in [1.165, 1.54) is 0 Å². The van der Waals surface area contributed by atoms with Crippen LogP contribution in [0.15, 0.2) is 36.1 Å². The fraction of sp³-hybridized carbons (Fsp3) is 0. The number of hydrogen-bond acceptors (Lipinski definition) is 2. The van der Waals surface area contributed by atoms with E-state index in [2.05, 4.69) is 0 Å². The van der Waals surface area contributed by atoms with E-state index in [0.29, 0.717) is 5.56 Å². The van der Waals surface area contributed by atoms with Crippen molar-refractivity contribution in [3.05, 3.63) is 41.6 Å². The molecule has 0 saturated heterocycles. The second-order valence-corrected chi connectivity index (χ2v) is 2.31. The van der Waals surface area contributed by atoms with Gasteiger partial charge >= 0.3 is 7.12 Å². The summed E-state index contributed by atoms with van der Waals surface area (Å²) in [5, 5.41) is 16.8. The molecule has 62 valence electrons. The molecule has 0 amide bonds. The topological polar surface area (TPSA) is 40.5 Å². The van der Waals surface area contributed by atoms with E-state index in [9.17, 15) is 4.39 Å². The standard InChI is InChI=1S/C8H8BFO2/c10-8(9(11)12)6-7-4-2-1-3-5-7/h1-6,11-12H/b8-6-. The lowest BCUT2D eigenvalue weighted by Gasteiger charge is -1.94. The lowest BCUT2D eigenvalue weighted by Crippen LogP contribution is -2.11. The summed E-state index contributed by atoms with van der Waals surface area (Å²) in [6, 6.07) is 8.61. The highest BCUT2D eigenvalue weighted by atomic mass is 19.1. The Bertz CT molecular complexity index is 272. The van der Waals surface area contributed by atoms with Gasteiger partial charge in [-0.15, -0.1) is 0 Å². The molecular weight excluding hydrogens is 158 g/mol. The Morgan fingerprint density at radius 1 is 1.25 bits per heavy atom. The van der Waals surface area contributed by atoms with Crippen LogP contribution in [0.5, 0.6) is 0 Å². The average molecular weight is 166 g/mol. The monoisotopic (exact) mass is 166 g/mol. The van der Waals surface area contributed by atoms with Gasteiger partial charge in [-0.1, -0.05) is 30.3 Å². The summed E-state index contributed by atoms with van der Waals surface area (Å²) in [4.78, 5) is 0. The maximum Gasteiger partial charge on any atom is 0.518 e. The second-order valence-electron chi connectivity index (χ2n) is 2.31. The number of benzene rings is 1. The fourth-order valence-corrected chi connectivity index (χ4v) is 0.783. The zero-order valence-corrected chi connectivity index (χ0v) is 6.31. The van der Waals surface area contributed by atoms with E-state index in [-0.39, 0.29) is 0 Å². The van der Waals surface area contributed by atoms with Crippen molar-refractivity contribution >= 4 is 13.2 Å². The average Bonchev–Trinajstić information content (AvgIpc) is 2.06. The van der Waals surface area contributed by atoms with Crippen molar-refractivity contribution in [3.8, 4) is 0 Å². The van der Waals surface area contributed by atoms with E-state index in [4.69, 9.17) is 10.0 Å². The van der Waals surface area contributed by atoms with E-state index in [1.54, 1.807) is 30.3 Å². The lowest BCUT2D eigenvalue weighted by molar-refractivity contribution is 0.400. The summed E-state index contributed by atoms with van der Waals surface area (Å²) >= 11 is 0. The molecule has 0 heterocycles. The Labute approximate surface area is 70.1 Å². The molecule has 0 bridgehead atoms. The van der Waals surface area contributed by atoms with Gasteiger partial charge < -0.3 is 10.0 Å². The van der Waals surface area contributed by atoms with Crippen LogP contribution in [0.2, 0.25) is 0 Å². The van der Waals surface area contributed by atoms with Crippen molar-refractivity contribution in [2.75, 3.05) is 0 Å². The van der Waals surface area contributed by atoms with E-state index < -0.39 is 12.8 Å². The van der Waals surface area contributed by atoms with Gasteiger partial charge in [-0.2, -0.15) is 0 Å². The minimum absolute atomic E-state index is 0.600. The lowest BCUT2D eigenvalue weighted by atomic mass is 9.88. The maximum absolute atomic E-state index is 12.6. The molecule has 0 aromatic heterocycles. The molecule has 0 spiro atoms. The van der Waals surface area contributed by atoms with E-state index in [1.807, 2.05) is 0 Å². The number of rotatable bonds is 2. The van der Waals surface area contributed by atoms with Crippen molar-refractivity contribution in [2.24, 2.45) is 0 Å². The minimum Gasteiger partial charge on any atom is -0.422 e. The fourth-order valence-electron chi connectivity index (χ4n) is 0.783. The van der Waals surface area contributed by atoms with Crippen molar-refractivity contribution in [1.82, 2.24) is 0 Å². The molecule has 0 aliphatic rings. The summed E-state index contributed by atoms with van der Waals surface area (Å²) in [5.74, 6) is 0. The number of hydrogen-bond donors (Lipinski definition) is 2. The third-order valence-corrected chi connectivity index (χ3v) is 1.35. The molecule has 0 fully saturated rings. The molecule has 2 N–H and O–H groups in total. The molecular formula is C8H8BFO2. The van der Waals surface area contributed by atoms with Crippen molar-refractivity contribution < 1.29 is 14.4 Å². The highest BCUT2D eigenvalue weighted by molar-refractivity contribution is 6.50. The van der Waals surface area contributed by atoms with E-state index >= 15 is 0 Å². The van der Waals surface area contributed by atoms with Crippen LogP contribution >= 0.6 is 0 Å². The van der Waals surface area contributed by atoms with Crippen LogP contribution in [0.4, 0.5) is 4.39 Å². The number of halogens is 1. The predicted molar refractivity (Wildman–Crippen MR) is 45.7 cm³/mol. The molecule has 0 aliphatic heterocycles. The van der Waals surface area contributed by atoms with Gasteiger partial charge in [0.2, 0.25) is 0 Å². The quantitative estimate of drug-likeness (QED) is 0.643. The Balaban J connectivity index is 2.81. The minimum atomic E-state index is -2.02. The SMILES string of the molecule is OB(O)/C(F)=C/c1ccccc1. The summed E-state index contributed by atoms with van der Waals surface area (Å²) in [6.45, 7) is 0. The smallest absolute Gasteiger partial charge is 0.422 e. The maximum atomic E-state index is 12.6. The summed E-state index contributed by atoms with van der Waals surface area (Å²) < 4.78 is 12.6. The third-order valence-electron chi connectivity index (χ3n) is 1.35. The van der Waals surface area contributed by atoms with Gasteiger partial charge in [0.25, 0.3) is 0 Å². The Hall–Kier alpha value is -1.13. The summed E-state index contributed by atoms with van der Waals surface area (Å²) in [6.07, 6.45) is 1.07. The largest absolute Gasteiger partial charge is 0.518 e. The Kier molecular flexibility index (Phi) is 3.02. The molecule has 0 unspecified atom stereocenters. The van der Waals surface area contributed by atoms with Crippen LogP contribution in [-0.2, 0) is 0 Å². The van der Waals surface area contributed by atoms with Gasteiger partial charge in [0, 0.05) is 0 Å². The molecule has 0 radical (unpaired) electrons. The zero-order valence-electron chi connectivity index (χ0n) is 6.31. The van der Waals surface area contributed by atoms with Gasteiger partial charge in [0.15, 0.2) is 0 Å². The molecule has 12 heavy (non-hydrogen) atoms. The molecule has 0 aliphatic carbocycles. The Morgan fingerprint density at radius 2 is 1.83 bits per heavy atom. The molecule has 1 rings (SSSR count). The molecule has 4 heteroatoms. The first-order valence-electron chi connectivity index (χ1n) is 3.48. The van der Waals surface area contributed by atoms with Gasteiger partial charge in [-0.25, -0.2) is 4.39 Å². The van der Waals surface area contributed by atoms with Crippen molar-refractivity contribution in [1.29, 1.82) is 0 Å². The van der Waals surface area contributed by atoms with Crippen molar-refractivity contribution in [2.45, 2.75) is 0 Å². The molecule has 1 aromatic carbocycles. The van der Waals surface area contributed by atoms with Gasteiger partial charge in [0.05, 0.1) is 0 Å². The summed E-state index contributed by atoms with van der Waals surface area (Å²) in [7, 11) is -2.02. The third kappa shape index (κ3) is 2.49. The first kappa shape index (κ1) is 8.97.